The lowest BCUT2D eigenvalue weighted by atomic mass is 9.87. The summed E-state index contributed by atoms with van der Waals surface area (Å²) in [5.74, 6) is -0.867. The van der Waals surface area contributed by atoms with Gasteiger partial charge in [0, 0.05) is 25.3 Å². The lowest BCUT2D eigenvalue weighted by Crippen LogP contribution is -2.48. The van der Waals surface area contributed by atoms with Gasteiger partial charge in [0.05, 0.1) is 19.5 Å². The van der Waals surface area contributed by atoms with Crippen molar-refractivity contribution in [3.05, 3.63) is 42.5 Å². The summed E-state index contributed by atoms with van der Waals surface area (Å²) in [5.41, 5.74) is 7.25. The van der Waals surface area contributed by atoms with E-state index >= 15 is 0 Å². The summed E-state index contributed by atoms with van der Waals surface area (Å²) < 4.78 is 61.1. The fourth-order valence-electron chi connectivity index (χ4n) is 5.71. The molecule has 4 N–H and O–H groups in total. The van der Waals surface area contributed by atoms with Crippen LogP contribution in [0.5, 0.6) is 0 Å². The minimum absolute atomic E-state index is 0.000548. The van der Waals surface area contributed by atoms with Crippen LogP contribution >= 0.6 is 0 Å². The van der Waals surface area contributed by atoms with E-state index in [4.69, 9.17) is 19.9 Å². The van der Waals surface area contributed by atoms with Crippen LogP contribution < -0.4 is 16.4 Å². The fraction of sp³-hybridized carbons (Fsp3) is 0.586. The molecule has 0 bridgehead atoms. The second-order valence-electron chi connectivity index (χ2n) is 12.7. The van der Waals surface area contributed by atoms with Crippen molar-refractivity contribution >= 4 is 28.7 Å². The molecule has 15 heteroatoms. The van der Waals surface area contributed by atoms with Gasteiger partial charge in [-0.05, 0) is 43.4 Å². The highest BCUT2D eigenvalue weighted by Crippen LogP contribution is 2.47. The first-order valence-corrected chi connectivity index (χ1v) is 14.4. The number of alkyl halides is 3. The van der Waals surface area contributed by atoms with Gasteiger partial charge in [0.15, 0.2) is 17.3 Å². The molecule has 2 fully saturated rings. The molecule has 0 unspecified atom stereocenters. The van der Waals surface area contributed by atoms with Crippen molar-refractivity contribution in [3.8, 4) is 0 Å². The molecule has 1 aromatic carbocycles. The molecule has 0 spiro atoms. The highest BCUT2D eigenvalue weighted by Gasteiger charge is 2.63. The third-order valence-corrected chi connectivity index (χ3v) is 7.68. The maximum Gasteiger partial charge on any atom is 0.401 e. The maximum absolute atomic E-state index is 13.6. The van der Waals surface area contributed by atoms with Gasteiger partial charge < -0.3 is 30.6 Å². The number of carbonyl (C=O) groups excluding carboxylic acids is 1. The number of fused-ring (bicyclic) bond motifs is 2. The van der Waals surface area contributed by atoms with Gasteiger partial charge in [-0.3, -0.25) is 9.47 Å². The molecule has 3 atom stereocenters. The molecule has 3 aromatic rings. The average molecular weight is 621 g/mol. The summed E-state index contributed by atoms with van der Waals surface area (Å²) in [6.07, 6.45) is -2.89. The van der Waals surface area contributed by atoms with Crippen LogP contribution in [0.1, 0.15) is 46.6 Å². The molecule has 2 amide bonds. The number of nitrogens with two attached hydrogens (primary N) is 1. The van der Waals surface area contributed by atoms with Crippen molar-refractivity contribution in [1.82, 2.24) is 29.7 Å². The Morgan fingerprint density at radius 3 is 2.57 bits per heavy atom. The predicted octanol–water partition coefficient (Wildman–Crippen LogP) is 3.99. The van der Waals surface area contributed by atoms with Crippen molar-refractivity contribution < 1.29 is 32.2 Å². The van der Waals surface area contributed by atoms with Crippen LogP contribution in [0.25, 0.3) is 11.2 Å². The Labute approximate surface area is 253 Å². The molecular formula is C29H39F3N8O4. The summed E-state index contributed by atoms with van der Waals surface area (Å²) in [4.78, 5) is 26.3. The summed E-state index contributed by atoms with van der Waals surface area (Å²) in [6, 6.07) is 7.09. The van der Waals surface area contributed by atoms with Crippen molar-refractivity contribution in [2.45, 2.75) is 76.4 Å². The minimum Gasteiger partial charge on any atom is -0.382 e. The average Bonchev–Trinajstić information content (AvgIpc) is 3.56. The SMILES string of the molecule is CC1(C)O[C@@H]2[C@@H](CN(CCCNC(=O)Nc3ccc(C(C)(C)C)cc3)CC(F)(F)F)OC[C@@]2(n2cnc3c(N)ncnc32)O1. The van der Waals surface area contributed by atoms with Crippen LogP contribution in [-0.4, -0.2) is 87.4 Å². The standard InChI is InChI=1S/C29H39F3N8O4/c1-26(2,3)18-7-9-19(10-8-18)38-25(41)34-11-6-12-39(14-29(30,31)32)13-20-22-28(15-42-20,44-27(4,5)43-22)40-17-37-21-23(33)35-16-36-24(21)40/h7-10,16-17,20,22H,6,11-15H2,1-5H3,(H2,33,35,36)(H2,34,38,41)/t20-,22-,28-/m1/s1. The molecule has 2 aliphatic heterocycles. The Morgan fingerprint density at radius 2 is 1.89 bits per heavy atom. The number of halogens is 3. The van der Waals surface area contributed by atoms with E-state index < -0.39 is 42.5 Å². The van der Waals surface area contributed by atoms with Crippen LogP contribution in [0.15, 0.2) is 36.9 Å². The zero-order valence-electron chi connectivity index (χ0n) is 25.4. The Kier molecular flexibility index (Phi) is 8.52. The molecule has 2 saturated heterocycles. The molecule has 240 valence electrons. The molecule has 0 radical (unpaired) electrons. The Balaban J connectivity index is 1.22. The number of anilines is 2. The van der Waals surface area contributed by atoms with E-state index in [1.807, 2.05) is 24.3 Å². The van der Waals surface area contributed by atoms with E-state index in [0.717, 1.165) is 5.56 Å². The van der Waals surface area contributed by atoms with E-state index in [2.05, 4.69) is 46.4 Å². The molecule has 0 aliphatic carbocycles. The molecule has 2 aliphatic rings. The molecule has 0 saturated carbocycles. The Morgan fingerprint density at radius 1 is 1.16 bits per heavy atom. The molecular weight excluding hydrogens is 581 g/mol. The highest BCUT2D eigenvalue weighted by molar-refractivity contribution is 5.89. The number of urea groups is 1. The van der Waals surface area contributed by atoms with Crippen LogP contribution in [0.3, 0.4) is 0 Å². The van der Waals surface area contributed by atoms with E-state index in [1.165, 1.54) is 17.6 Å². The number of carbonyl (C=O) groups is 1. The number of hydrogen-bond donors (Lipinski definition) is 3. The Hall–Kier alpha value is -3.53. The Bertz CT molecular complexity index is 1470. The number of aromatic nitrogens is 4. The number of nitrogen functional groups attached to an aromatic ring is 1. The highest BCUT2D eigenvalue weighted by atomic mass is 19.4. The summed E-state index contributed by atoms with van der Waals surface area (Å²) in [6.45, 7) is 8.76. The molecule has 5 rings (SSSR count). The zero-order chi connectivity index (χ0) is 31.9. The number of nitrogens with one attached hydrogen (secondary N) is 2. The van der Waals surface area contributed by atoms with Crippen molar-refractivity contribution in [3.63, 3.8) is 0 Å². The number of hydrogen-bond acceptors (Lipinski definition) is 9. The molecule has 12 nitrogen and oxygen atoms in total. The van der Waals surface area contributed by atoms with Gasteiger partial charge in [0.2, 0.25) is 5.72 Å². The number of benzene rings is 1. The lowest BCUT2D eigenvalue weighted by molar-refractivity contribution is -0.207. The van der Waals surface area contributed by atoms with Crippen molar-refractivity contribution in [1.29, 1.82) is 0 Å². The first-order valence-electron chi connectivity index (χ1n) is 14.4. The summed E-state index contributed by atoms with van der Waals surface area (Å²) >= 11 is 0. The van der Waals surface area contributed by atoms with Crippen LogP contribution in [-0.2, 0) is 25.4 Å². The maximum atomic E-state index is 13.6. The first-order chi connectivity index (χ1) is 20.6. The van der Waals surface area contributed by atoms with Gasteiger partial charge in [0.1, 0.15) is 24.1 Å². The van der Waals surface area contributed by atoms with Gasteiger partial charge in [-0.25, -0.2) is 19.7 Å². The monoisotopic (exact) mass is 620 g/mol. The fourth-order valence-corrected chi connectivity index (χ4v) is 5.71. The van der Waals surface area contributed by atoms with Crippen LogP contribution in [0.4, 0.5) is 29.5 Å². The minimum atomic E-state index is -4.44. The van der Waals surface area contributed by atoms with Crippen molar-refractivity contribution in [2.75, 3.05) is 43.8 Å². The van der Waals surface area contributed by atoms with Gasteiger partial charge >= 0.3 is 12.2 Å². The smallest absolute Gasteiger partial charge is 0.382 e. The number of rotatable bonds is 9. The summed E-state index contributed by atoms with van der Waals surface area (Å²) in [5, 5.41) is 5.47. The third-order valence-electron chi connectivity index (χ3n) is 7.68. The zero-order valence-corrected chi connectivity index (χ0v) is 25.4. The largest absolute Gasteiger partial charge is 0.401 e. The number of amides is 2. The van der Waals surface area contributed by atoms with E-state index in [-0.39, 0.29) is 43.9 Å². The van der Waals surface area contributed by atoms with E-state index in [9.17, 15) is 18.0 Å². The topological polar surface area (TPSA) is 142 Å². The van der Waals surface area contributed by atoms with Crippen LogP contribution in [0, 0.1) is 0 Å². The first kappa shape index (κ1) is 31.9. The second kappa shape index (κ2) is 11.8. The lowest BCUT2D eigenvalue weighted by Gasteiger charge is -2.30. The van der Waals surface area contributed by atoms with Gasteiger partial charge in [0.25, 0.3) is 0 Å². The van der Waals surface area contributed by atoms with E-state index in [1.54, 1.807) is 18.4 Å². The third kappa shape index (κ3) is 6.90. The van der Waals surface area contributed by atoms with Crippen LogP contribution in [0.2, 0.25) is 0 Å². The number of ether oxygens (including phenoxy) is 3. The number of nitrogens with zero attached hydrogens (tertiary/aromatic N) is 5. The molecule has 4 heterocycles. The second-order valence-corrected chi connectivity index (χ2v) is 12.7. The van der Waals surface area contributed by atoms with E-state index in [0.29, 0.717) is 16.9 Å². The predicted molar refractivity (Wildman–Crippen MR) is 157 cm³/mol. The summed E-state index contributed by atoms with van der Waals surface area (Å²) in [7, 11) is 0. The van der Waals surface area contributed by atoms with Crippen molar-refractivity contribution in [2.24, 2.45) is 0 Å². The van der Waals surface area contributed by atoms with Gasteiger partial charge in [-0.1, -0.05) is 32.9 Å². The normalized spacial score (nSPS) is 23.3. The quantitative estimate of drug-likeness (QED) is 0.303. The van der Waals surface area contributed by atoms with Gasteiger partial charge in [-0.2, -0.15) is 13.2 Å². The number of imidazole rings is 1. The molecule has 44 heavy (non-hydrogen) atoms. The van der Waals surface area contributed by atoms with Gasteiger partial charge in [-0.15, -0.1) is 0 Å². The molecule has 2 aromatic heterocycles.